The molecule has 3 N–H and O–H groups in total. The zero-order valence-electron chi connectivity index (χ0n) is 23.7. The number of alkyl halides is 3. The highest BCUT2D eigenvalue weighted by Crippen LogP contribution is 2.37. The normalized spacial score (nSPS) is 12.1. The quantitative estimate of drug-likeness (QED) is 0.140. The van der Waals surface area contributed by atoms with Gasteiger partial charge in [0.25, 0.3) is 9.70 Å². The summed E-state index contributed by atoms with van der Waals surface area (Å²) in [4.78, 5) is 28.1. The second-order valence-electron chi connectivity index (χ2n) is 11.2. The van der Waals surface area contributed by atoms with Gasteiger partial charge in [-0.15, -0.1) is 0 Å². The molecule has 5 aromatic rings. The monoisotopic (exact) mass is 625 g/mol. The molecule has 0 saturated carbocycles. The van der Waals surface area contributed by atoms with Gasteiger partial charge in [-0.2, -0.15) is 10.2 Å². The fourth-order valence-electron chi connectivity index (χ4n) is 4.79. The van der Waals surface area contributed by atoms with Gasteiger partial charge in [-0.1, -0.05) is 92.0 Å². The van der Waals surface area contributed by atoms with Gasteiger partial charge in [-0.05, 0) is 53.6 Å². The number of nitrogens with zero attached hydrogens (tertiary/aromatic N) is 4. The number of nitrogens with one attached hydrogen (secondary N) is 3. The Morgan fingerprint density at radius 2 is 1.40 bits per heavy atom. The van der Waals surface area contributed by atoms with Gasteiger partial charge < -0.3 is 5.32 Å². The minimum atomic E-state index is -2.38. The van der Waals surface area contributed by atoms with Crippen molar-refractivity contribution < 1.29 is 9.59 Å². The van der Waals surface area contributed by atoms with Crippen molar-refractivity contribution in [2.45, 2.75) is 50.4 Å². The fraction of sp³-hybridized carbons (Fsp3) is 0.267. The van der Waals surface area contributed by atoms with E-state index in [1.807, 2.05) is 44.2 Å². The van der Waals surface area contributed by atoms with E-state index in [0.717, 1.165) is 32.8 Å². The molecule has 0 spiro atoms. The molecule has 2 heterocycles. The van der Waals surface area contributed by atoms with Crippen LogP contribution in [0.2, 0.25) is 0 Å². The van der Waals surface area contributed by atoms with E-state index in [-0.39, 0.29) is 12.0 Å². The molecule has 5 rings (SSSR count). The topological polar surface area (TPSA) is 110 Å². The number of benzene rings is 3. The summed E-state index contributed by atoms with van der Waals surface area (Å²) in [6.07, 6.45) is 3.20. The summed E-state index contributed by atoms with van der Waals surface area (Å²) in [5.74, 6) is -0.933. The summed E-state index contributed by atoms with van der Waals surface area (Å²) in [6, 6.07) is 14.4. The Balaban J connectivity index is 1.65. The SMILES string of the molecule is Cc1ccc(NC(=O)N(Cc2ccc(C(C)(C)C)cc2)N(C(=O)C(Cl)(Cl)Cl)c2ccc(C)c3[nH]ncc23)c2cn[nH]c12. The van der Waals surface area contributed by atoms with Crippen molar-refractivity contribution in [2.75, 3.05) is 10.3 Å². The van der Waals surface area contributed by atoms with Gasteiger partial charge in [0.15, 0.2) is 0 Å². The third kappa shape index (κ3) is 5.77. The molecule has 12 heteroatoms. The number of carbonyl (C=O) groups excluding carboxylic acids is 2. The van der Waals surface area contributed by atoms with Gasteiger partial charge in [-0.25, -0.2) is 14.8 Å². The minimum Gasteiger partial charge on any atom is -0.306 e. The molecule has 0 saturated heterocycles. The lowest BCUT2D eigenvalue weighted by Gasteiger charge is -2.37. The molecule has 0 bridgehead atoms. The Morgan fingerprint density at radius 3 is 2.00 bits per heavy atom. The average Bonchev–Trinajstić information content (AvgIpc) is 3.62. The van der Waals surface area contributed by atoms with E-state index in [1.165, 1.54) is 5.01 Å². The number of aromatic nitrogens is 4. The van der Waals surface area contributed by atoms with Crippen LogP contribution in [0.1, 0.15) is 43.0 Å². The van der Waals surface area contributed by atoms with E-state index >= 15 is 0 Å². The summed E-state index contributed by atoms with van der Waals surface area (Å²) in [5, 5.41) is 20.8. The number of H-pyrrole nitrogens is 2. The molecule has 218 valence electrons. The molecule has 0 radical (unpaired) electrons. The first-order valence-corrected chi connectivity index (χ1v) is 14.3. The average molecular weight is 627 g/mol. The molecule has 0 aliphatic carbocycles. The van der Waals surface area contributed by atoms with Gasteiger partial charge in [-0.3, -0.25) is 15.0 Å². The van der Waals surface area contributed by atoms with Gasteiger partial charge in [0, 0.05) is 10.8 Å². The summed E-state index contributed by atoms with van der Waals surface area (Å²) >= 11 is 18.6. The molecule has 3 amide bonds. The second kappa shape index (κ2) is 11.1. The number of rotatable bonds is 4. The molecule has 3 aromatic carbocycles. The van der Waals surface area contributed by atoms with E-state index in [1.54, 1.807) is 30.6 Å². The molecule has 0 unspecified atom stereocenters. The zero-order valence-corrected chi connectivity index (χ0v) is 26.0. The van der Waals surface area contributed by atoms with Crippen molar-refractivity contribution in [1.82, 2.24) is 25.4 Å². The first kappa shape index (κ1) is 29.7. The van der Waals surface area contributed by atoms with E-state index in [9.17, 15) is 9.59 Å². The Hall–Kier alpha value is -3.79. The molecule has 0 aliphatic rings. The predicted molar refractivity (Wildman–Crippen MR) is 169 cm³/mol. The lowest BCUT2D eigenvalue weighted by molar-refractivity contribution is -0.120. The highest BCUT2D eigenvalue weighted by atomic mass is 35.6. The molecule has 0 atom stereocenters. The van der Waals surface area contributed by atoms with Crippen LogP contribution in [0.3, 0.4) is 0 Å². The number of aromatic amines is 2. The number of hydrogen-bond donors (Lipinski definition) is 3. The lowest BCUT2D eigenvalue weighted by atomic mass is 9.87. The summed E-state index contributed by atoms with van der Waals surface area (Å²) < 4.78 is -2.38. The van der Waals surface area contributed by atoms with Crippen LogP contribution in [0.5, 0.6) is 0 Å². The summed E-state index contributed by atoms with van der Waals surface area (Å²) in [5.41, 5.74) is 5.96. The fourth-order valence-corrected chi connectivity index (χ4v) is 5.03. The maximum absolute atomic E-state index is 14.2. The molecule has 0 fully saturated rings. The lowest BCUT2D eigenvalue weighted by Crippen LogP contribution is -2.54. The minimum absolute atomic E-state index is 0.0175. The van der Waals surface area contributed by atoms with Gasteiger partial charge in [0.1, 0.15) is 0 Å². The third-order valence-corrected chi connectivity index (χ3v) is 7.64. The molecule has 0 aliphatic heterocycles. The van der Waals surface area contributed by atoms with Crippen molar-refractivity contribution in [2.24, 2.45) is 0 Å². The van der Waals surface area contributed by atoms with Crippen LogP contribution in [0.4, 0.5) is 16.2 Å². The van der Waals surface area contributed by atoms with Crippen LogP contribution in [0, 0.1) is 13.8 Å². The Labute approximate surface area is 258 Å². The number of hydrazine groups is 1. The van der Waals surface area contributed by atoms with Crippen LogP contribution in [-0.2, 0) is 16.8 Å². The molecule has 42 heavy (non-hydrogen) atoms. The van der Waals surface area contributed by atoms with Crippen molar-refractivity contribution >= 4 is 79.9 Å². The van der Waals surface area contributed by atoms with E-state index in [2.05, 4.69) is 46.5 Å². The maximum atomic E-state index is 14.2. The molecular formula is C30H30Cl3N7O2. The largest absolute Gasteiger partial charge is 0.341 e. The molecule has 9 nitrogen and oxygen atoms in total. The highest BCUT2D eigenvalue weighted by Gasteiger charge is 2.41. The van der Waals surface area contributed by atoms with Crippen LogP contribution >= 0.6 is 34.8 Å². The van der Waals surface area contributed by atoms with Gasteiger partial charge in [0.05, 0.1) is 41.3 Å². The standard InChI is InChI=1S/C30H30Cl3N7O2/c1-17-6-12-23(21-14-34-37-25(17)21)36-28(42)39(16-19-8-10-20(11-9-19)29(3,4)5)40(27(41)30(31,32)33)24-13-7-18(2)26-22(24)15-35-38-26/h6-15H,16H2,1-5H3,(H,34,37)(H,35,38)(H,36,42). The first-order chi connectivity index (χ1) is 19.8. The van der Waals surface area contributed by atoms with Crippen molar-refractivity contribution in [3.63, 3.8) is 0 Å². The number of anilines is 2. The summed E-state index contributed by atoms with van der Waals surface area (Å²) in [6.45, 7) is 10.2. The maximum Gasteiger partial charge on any atom is 0.341 e. The first-order valence-electron chi connectivity index (χ1n) is 13.2. The number of urea groups is 1. The number of halogens is 3. The number of carbonyl (C=O) groups is 2. The summed E-state index contributed by atoms with van der Waals surface area (Å²) in [7, 11) is 0. The van der Waals surface area contributed by atoms with Crippen molar-refractivity contribution in [1.29, 1.82) is 0 Å². The number of fused-ring (bicyclic) bond motifs is 2. The Kier molecular flexibility index (Phi) is 7.87. The van der Waals surface area contributed by atoms with Gasteiger partial charge >= 0.3 is 6.03 Å². The van der Waals surface area contributed by atoms with E-state index in [4.69, 9.17) is 34.8 Å². The second-order valence-corrected chi connectivity index (χ2v) is 13.5. The highest BCUT2D eigenvalue weighted by molar-refractivity contribution is 6.77. The van der Waals surface area contributed by atoms with Crippen molar-refractivity contribution in [3.8, 4) is 0 Å². The van der Waals surface area contributed by atoms with Crippen LogP contribution in [0.25, 0.3) is 21.8 Å². The molecule has 2 aromatic heterocycles. The van der Waals surface area contributed by atoms with Crippen molar-refractivity contribution in [3.05, 3.63) is 83.2 Å². The Morgan fingerprint density at radius 1 is 0.833 bits per heavy atom. The smallest absolute Gasteiger partial charge is 0.306 e. The van der Waals surface area contributed by atoms with E-state index < -0.39 is 15.7 Å². The number of hydrogen-bond acceptors (Lipinski definition) is 4. The predicted octanol–water partition coefficient (Wildman–Crippen LogP) is 7.71. The number of amides is 3. The zero-order chi connectivity index (χ0) is 30.4. The van der Waals surface area contributed by atoms with Crippen LogP contribution < -0.4 is 10.3 Å². The van der Waals surface area contributed by atoms with Crippen LogP contribution in [-0.4, -0.2) is 41.1 Å². The van der Waals surface area contributed by atoms with Crippen LogP contribution in [0.15, 0.2) is 60.9 Å². The Bertz CT molecular complexity index is 1780. The third-order valence-electron chi connectivity index (χ3n) is 7.16. The van der Waals surface area contributed by atoms with Gasteiger partial charge in [0.2, 0.25) is 0 Å². The number of aryl methyl sites for hydroxylation is 2. The molecular weight excluding hydrogens is 597 g/mol. The van der Waals surface area contributed by atoms with E-state index in [0.29, 0.717) is 27.7 Å².